The zero-order valence-corrected chi connectivity index (χ0v) is 22.0. The number of fused-ring (bicyclic) bond motifs is 5. The lowest BCUT2D eigenvalue weighted by Gasteiger charge is -2.56. The van der Waals surface area contributed by atoms with Gasteiger partial charge in [-0.2, -0.15) is 5.10 Å². The van der Waals surface area contributed by atoms with E-state index in [2.05, 4.69) is 25.9 Å². The maximum atomic E-state index is 13.7. The summed E-state index contributed by atoms with van der Waals surface area (Å²) in [6.45, 7) is 6.20. The van der Waals surface area contributed by atoms with Gasteiger partial charge in [0.2, 0.25) is 0 Å². The molecule has 4 saturated carbocycles. The molecule has 6 rings (SSSR count). The third-order valence-corrected chi connectivity index (χ3v) is 11.1. The van der Waals surface area contributed by atoms with E-state index in [9.17, 15) is 18.4 Å². The molecule has 1 amide bonds. The zero-order chi connectivity index (χ0) is 25.4. The van der Waals surface area contributed by atoms with Crippen molar-refractivity contribution < 1.29 is 18.4 Å². The Balaban J connectivity index is 1.16. The van der Waals surface area contributed by atoms with Gasteiger partial charge in [0.15, 0.2) is 5.78 Å². The predicted octanol–water partition coefficient (Wildman–Crippen LogP) is 5.69. The minimum absolute atomic E-state index is 0.0800. The van der Waals surface area contributed by atoms with Gasteiger partial charge in [0.05, 0.1) is 31.4 Å². The second-order valence-corrected chi connectivity index (χ2v) is 13.0. The molecular weight excluding hydrogens is 460 g/mol. The van der Waals surface area contributed by atoms with Gasteiger partial charge < -0.3 is 4.90 Å². The fourth-order valence-corrected chi connectivity index (χ4v) is 9.75. The molecule has 0 spiro atoms. The van der Waals surface area contributed by atoms with Crippen LogP contribution in [-0.4, -0.2) is 45.4 Å². The Labute approximate surface area is 213 Å². The van der Waals surface area contributed by atoms with Crippen LogP contribution < -0.4 is 0 Å². The molecule has 9 atom stereocenters. The fraction of sp³-hybridized carbons (Fsp3) is 0.828. The molecule has 1 aromatic rings. The zero-order valence-electron chi connectivity index (χ0n) is 22.0. The summed E-state index contributed by atoms with van der Waals surface area (Å²) in [5, 5.41) is 4.27. The summed E-state index contributed by atoms with van der Waals surface area (Å²) in [7, 11) is 0. The number of alkyl halides is 2. The van der Waals surface area contributed by atoms with Gasteiger partial charge in [-0.3, -0.25) is 14.3 Å². The first-order chi connectivity index (χ1) is 17.2. The van der Waals surface area contributed by atoms with Gasteiger partial charge in [0, 0.05) is 12.1 Å². The molecule has 2 heterocycles. The molecule has 0 radical (unpaired) electrons. The SMILES string of the molecule is CCCC1C(CC)CCC2C1CCC1(C)C(C(=O)Cn3cc(C(=O)N4CC(F)(F)C4)cn3)C3CC3C21. The average Bonchev–Trinajstić information content (AvgIpc) is 3.32. The Morgan fingerprint density at radius 1 is 1.08 bits per heavy atom. The van der Waals surface area contributed by atoms with E-state index < -0.39 is 24.9 Å². The van der Waals surface area contributed by atoms with Crippen molar-refractivity contribution in [1.29, 1.82) is 0 Å². The second kappa shape index (κ2) is 8.62. The molecular formula is C29H41F2N3O2. The lowest BCUT2D eigenvalue weighted by molar-refractivity contribution is -0.133. The molecule has 5 fully saturated rings. The molecule has 1 aliphatic heterocycles. The Bertz CT molecular complexity index is 1030. The first kappa shape index (κ1) is 24.5. The monoisotopic (exact) mass is 501 g/mol. The van der Waals surface area contributed by atoms with E-state index in [1.165, 1.54) is 51.1 Å². The molecule has 0 aromatic carbocycles. The van der Waals surface area contributed by atoms with E-state index in [4.69, 9.17) is 0 Å². The van der Waals surface area contributed by atoms with E-state index >= 15 is 0 Å². The number of nitrogens with zero attached hydrogens (tertiary/aromatic N) is 3. The highest BCUT2D eigenvalue weighted by Crippen LogP contribution is 2.74. The maximum Gasteiger partial charge on any atom is 0.282 e. The number of Topliss-reactive ketones (excluding diaryl/α,β-unsaturated/α-hetero) is 1. The molecule has 5 nitrogen and oxygen atoms in total. The van der Waals surface area contributed by atoms with Gasteiger partial charge >= 0.3 is 0 Å². The minimum Gasteiger partial charge on any atom is -0.326 e. The quantitative estimate of drug-likeness (QED) is 0.482. The number of rotatable bonds is 7. The normalized spacial score (nSPS) is 42.2. The number of hydrogen-bond donors (Lipinski definition) is 0. The van der Waals surface area contributed by atoms with Gasteiger partial charge in [-0.25, -0.2) is 8.78 Å². The first-order valence-electron chi connectivity index (χ1n) is 14.4. The van der Waals surface area contributed by atoms with Crippen molar-refractivity contribution in [2.45, 2.75) is 84.6 Å². The van der Waals surface area contributed by atoms with Crippen LogP contribution in [0.3, 0.4) is 0 Å². The second-order valence-electron chi connectivity index (χ2n) is 13.0. The van der Waals surface area contributed by atoms with Crippen molar-refractivity contribution in [2.24, 2.45) is 52.8 Å². The summed E-state index contributed by atoms with van der Waals surface area (Å²) in [5.74, 6) is 2.36. The van der Waals surface area contributed by atoms with Gasteiger partial charge in [0.25, 0.3) is 11.8 Å². The van der Waals surface area contributed by atoms with E-state index in [1.807, 2.05) is 0 Å². The van der Waals surface area contributed by atoms with Crippen LogP contribution in [0, 0.1) is 52.8 Å². The Morgan fingerprint density at radius 2 is 1.86 bits per heavy atom. The molecule has 1 saturated heterocycles. The van der Waals surface area contributed by atoms with Gasteiger partial charge in [-0.05, 0) is 78.9 Å². The molecule has 198 valence electrons. The summed E-state index contributed by atoms with van der Waals surface area (Å²) in [4.78, 5) is 27.4. The molecule has 5 aliphatic rings. The van der Waals surface area contributed by atoms with E-state index in [0.717, 1.165) is 35.0 Å². The summed E-state index contributed by atoms with van der Waals surface area (Å²) < 4.78 is 27.9. The highest BCUT2D eigenvalue weighted by molar-refractivity contribution is 5.94. The minimum atomic E-state index is -2.79. The van der Waals surface area contributed by atoms with Crippen LogP contribution in [0.15, 0.2) is 12.4 Å². The molecule has 9 unspecified atom stereocenters. The predicted molar refractivity (Wildman–Crippen MR) is 132 cm³/mol. The number of hydrogen-bond acceptors (Lipinski definition) is 3. The number of halogens is 2. The standard InChI is InChI=1S/C29H41F2N3O2/c1-4-6-19-17(5-2)7-8-21-20(19)9-10-28(3)25(21)22-11-23(22)26(28)24(35)14-34-13-18(12-32-34)27(36)33-15-29(30,31)16-33/h12-13,17,19-23,25-26H,4-11,14-16H2,1-3H3. The van der Waals surface area contributed by atoms with Crippen LogP contribution in [-0.2, 0) is 11.3 Å². The van der Waals surface area contributed by atoms with Crippen molar-refractivity contribution in [3.05, 3.63) is 18.0 Å². The largest absolute Gasteiger partial charge is 0.326 e. The van der Waals surface area contributed by atoms with Gasteiger partial charge in [-0.15, -0.1) is 0 Å². The summed E-state index contributed by atoms with van der Waals surface area (Å²) in [6.07, 6.45) is 13.2. The van der Waals surface area contributed by atoms with Gasteiger partial charge in [0.1, 0.15) is 0 Å². The maximum absolute atomic E-state index is 13.7. The summed E-state index contributed by atoms with van der Waals surface area (Å²) in [6, 6.07) is 0. The van der Waals surface area contributed by atoms with Gasteiger partial charge in [-0.1, -0.05) is 40.0 Å². The van der Waals surface area contributed by atoms with Crippen LogP contribution in [0.5, 0.6) is 0 Å². The number of amides is 1. The first-order valence-corrected chi connectivity index (χ1v) is 14.4. The third-order valence-electron chi connectivity index (χ3n) is 11.1. The van der Waals surface area contributed by atoms with Crippen LogP contribution in [0.1, 0.15) is 82.5 Å². The van der Waals surface area contributed by atoms with Crippen molar-refractivity contribution in [1.82, 2.24) is 14.7 Å². The summed E-state index contributed by atoms with van der Waals surface area (Å²) >= 11 is 0. The van der Waals surface area contributed by atoms with Crippen LogP contribution in [0.2, 0.25) is 0 Å². The number of carbonyl (C=O) groups is 2. The average molecular weight is 502 g/mol. The number of aromatic nitrogens is 2. The number of carbonyl (C=O) groups excluding carboxylic acids is 2. The van der Waals surface area contributed by atoms with E-state index in [0.29, 0.717) is 17.8 Å². The molecule has 0 N–H and O–H groups in total. The molecule has 4 aliphatic carbocycles. The Kier molecular flexibility index (Phi) is 5.88. The third kappa shape index (κ3) is 3.77. The van der Waals surface area contributed by atoms with Crippen LogP contribution >= 0.6 is 0 Å². The smallest absolute Gasteiger partial charge is 0.282 e. The van der Waals surface area contributed by atoms with Crippen molar-refractivity contribution in [3.8, 4) is 0 Å². The van der Waals surface area contributed by atoms with Crippen molar-refractivity contribution >= 4 is 11.7 Å². The van der Waals surface area contributed by atoms with Crippen molar-refractivity contribution in [3.63, 3.8) is 0 Å². The van der Waals surface area contributed by atoms with Crippen LogP contribution in [0.4, 0.5) is 8.78 Å². The molecule has 7 heteroatoms. The van der Waals surface area contributed by atoms with Crippen LogP contribution in [0.25, 0.3) is 0 Å². The fourth-order valence-electron chi connectivity index (χ4n) is 9.75. The van der Waals surface area contributed by atoms with E-state index in [1.54, 1.807) is 10.9 Å². The highest BCUT2D eigenvalue weighted by atomic mass is 19.3. The number of likely N-dealkylation sites (tertiary alicyclic amines) is 1. The molecule has 1 aromatic heterocycles. The van der Waals surface area contributed by atoms with E-state index in [-0.39, 0.29) is 29.2 Å². The molecule has 36 heavy (non-hydrogen) atoms. The Hall–Kier alpha value is -1.79. The number of ketones is 1. The lowest BCUT2D eigenvalue weighted by Crippen LogP contribution is -2.58. The summed E-state index contributed by atoms with van der Waals surface area (Å²) in [5.41, 5.74) is 0.365. The molecule has 0 bridgehead atoms. The highest BCUT2D eigenvalue weighted by Gasteiger charge is 2.70. The Morgan fingerprint density at radius 3 is 2.56 bits per heavy atom. The van der Waals surface area contributed by atoms with Crippen molar-refractivity contribution in [2.75, 3.05) is 13.1 Å². The lowest BCUT2D eigenvalue weighted by atomic mass is 9.49. The topological polar surface area (TPSA) is 55.2 Å².